The quantitative estimate of drug-likeness (QED) is 0.509. The summed E-state index contributed by atoms with van der Waals surface area (Å²) >= 11 is 3.12. The summed E-state index contributed by atoms with van der Waals surface area (Å²) in [5.41, 5.74) is 3.95. The van der Waals surface area contributed by atoms with Crippen molar-refractivity contribution in [2.75, 3.05) is 11.1 Å². The van der Waals surface area contributed by atoms with E-state index in [2.05, 4.69) is 55.3 Å². The maximum atomic E-state index is 12.6. The van der Waals surface area contributed by atoms with E-state index in [4.69, 9.17) is 0 Å². The lowest BCUT2D eigenvalue weighted by molar-refractivity contribution is 0.102. The molecule has 0 bridgehead atoms. The molecule has 0 saturated carbocycles. The molecule has 3 rings (SSSR count). The topological polar surface area (TPSA) is 42.0 Å². The van der Waals surface area contributed by atoms with Crippen LogP contribution in [-0.2, 0) is 0 Å². The van der Waals surface area contributed by atoms with Gasteiger partial charge in [0.1, 0.15) is 0 Å². The van der Waals surface area contributed by atoms with Crippen LogP contribution in [0.3, 0.4) is 0 Å². The number of nitrogens with zero attached hydrogens (tertiary/aromatic N) is 1. The highest BCUT2D eigenvalue weighted by molar-refractivity contribution is 7.99. The highest BCUT2D eigenvalue weighted by atomic mass is 32.2. The maximum absolute atomic E-state index is 12.6. The third-order valence-corrected chi connectivity index (χ3v) is 5.74. The predicted octanol–water partition coefficient (Wildman–Crippen LogP) is 6.30. The Hall–Kier alpha value is -2.11. The minimum absolute atomic E-state index is 0.113. The Balaban J connectivity index is 1.75. The third kappa shape index (κ3) is 4.34. The van der Waals surface area contributed by atoms with Crippen molar-refractivity contribution in [3.63, 3.8) is 0 Å². The molecule has 3 aromatic rings. The van der Waals surface area contributed by atoms with Crippen LogP contribution in [0.2, 0.25) is 0 Å². The third-order valence-electron chi connectivity index (χ3n) is 4.03. The summed E-state index contributed by atoms with van der Waals surface area (Å²) in [5.74, 6) is 1.32. The van der Waals surface area contributed by atoms with Gasteiger partial charge < -0.3 is 0 Å². The van der Waals surface area contributed by atoms with E-state index in [0.717, 1.165) is 21.9 Å². The number of hydrogen-bond donors (Lipinski definition) is 1. The van der Waals surface area contributed by atoms with Gasteiger partial charge in [-0.2, -0.15) is 0 Å². The van der Waals surface area contributed by atoms with Gasteiger partial charge in [0.2, 0.25) is 0 Å². The Morgan fingerprint density at radius 1 is 1.15 bits per heavy atom. The summed E-state index contributed by atoms with van der Waals surface area (Å²) in [7, 11) is 0. The maximum Gasteiger partial charge on any atom is 0.258 e. The minimum Gasteiger partial charge on any atom is -0.298 e. The monoisotopic (exact) mass is 382 g/mol. The summed E-state index contributed by atoms with van der Waals surface area (Å²) in [4.78, 5) is 18.2. The lowest BCUT2D eigenvalue weighted by Gasteiger charge is -2.07. The first-order chi connectivity index (χ1) is 12.6. The van der Waals surface area contributed by atoms with Crippen LogP contribution in [0.25, 0.3) is 11.3 Å². The second kappa shape index (κ2) is 8.52. The first kappa shape index (κ1) is 18.7. The molecule has 0 fully saturated rings. The van der Waals surface area contributed by atoms with Crippen molar-refractivity contribution in [2.45, 2.75) is 31.6 Å². The molecule has 0 aliphatic carbocycles. The van der Waals surface area contributed by atoms with Gasteiger partial charge in [-0.05, 0) is 29.4 Å². The molecule has 3 nitrogen and oxygen atoms in total. The predicted molar refractivity (Wildman–Crippen MR) is 112 cm³/mol. The molecule has 0 saturated heterocycles. The van der Waals surface area contributed by atoms with Crippen LogP contribution >= 0.6 is 23.1 Å². The van der Waals surface area contributed by atoms with Crippen molar-refractivity contribution in [1.29, 1.82) is 0 Å². The average Bonchev–Trinajstić information content (AvgIpc) is 3.11. The van der Waals surface area contributed by atoms with Crippen molar-refractivity contribution in [1.82, 2.24) is 4.98 Å². The van der Waals surface area contributed by atoms with Crippen LogP contribution in [0.4, 0.5) is 5.13 Å². The fraction of sp³-hybridized carbons (Fsp3) is 0.238. The van der Waals surface area contributed by atoms with E-state index in [1.165, 1.54) is 16.9 Å². The number of amides is 1. The van der Waals surface area contributed by atoms with Crippen molar-refractivity contribution in [2.24, 2.45) is 0 Å². The molecule has 2 aromatic carbocycles. The SMILES string of the molecule is CCSc1ccccc1C(=O)Nc1nc(-c2ccc(C(C)C)cc2)cs1. The van der Waals surface area contributed by atoms with Crippen LogP contribution in [-0.4, -0.2) is 16.6 Å². The Bertz CT molecular complexity index is 885. The molecule has 5 heteroatoms. The lowest BCUT2D eigenvalue weighted by Crippen LogP contribution is -2.12. The van der Waals surface area contributed by atoms with Crippen molar-refractivity contribution in [3.8, 4) is 11.3 Å². The Kier molecular flexibility index (Phi) is 6.12. The van der Waals surface area contributed by atoms with Crippen LogP contribution in [0.15, 0.2) is 58.8 Å². The molecule has 1 aromatic heterocycles. The number of nitrogens with one attached hydrogen (secondary N) is 1. The Labute approximate surface area is 162 Å². The molecule has 134 valence electrons. The zero-order chi connectivity index (χ0) is 18.5. The minimum atomic E-state index is -0.113. The number of thiazole rings is 1. The van der Waals surface area contributed by atoms with E-state index in [1.54, 1.807) is 11.8 Å². The number of hydrogen-bond acceptors (Lipinski definition) is 4. The molecule has 26 heavy (non-hydrogen) atoms. The zero-order valence-electron chi connectivity index (χ0n) is 15.2. The number of anilines is 1. The van der Waals surface area contributed by atoms with Gasteiger partial charge in [0.05, 0.1) is 11.3 Å². The highest BCUT2D eigenvalue weighted by Gasteiger charge is 2.13. The van der Waals surface area contributed by atoms with Crippen molar-refractivity contribution < 1.29 is 4.79 Å². The first-order valence-electron chi connectivity index (χ1n) is 8.67. The number of carbonyl (C=O) groups is 1. The second-order valence-electron chi connectivity index (χ2n) is 6.20. The van der Waals surface area contributed by atoms with E-state index < -0.39 is 0 Å². The summed E-state index contributed by atoms with van der Waals surface area (Å²) in [5, 5.41) is 5.53. The summed E-state index contributed by atoms with van der Waals surface area (Å²) in [6.45, 7) is 6.44. The van der Waals surface area contributed by atoms with E-state index in [-0.39, 0.29) is 5.91 Å². The summed E-state index contributed by atoms with van der Waals surface area (Å²) < 4.78 is 0. The lowest BCUT2D eigenvalue weighted by atomic mass is 10.0. The number of carbonyl (C=O) groups excluding carboxylic acids is 1. The molecule has 0 radical (unpaired) electrons. The summed E-state index contributed by atoms with van der Waals surface area (Å²) in [6, 6.07) is 16.1. The first-order valence-corrected chi connectivity index (χ1v) is 10.5. The van der Waals surface area contributed by atoms with Gasteiger partial charge in [0, 0.05) is 15.8 Å². The molecule has 1 heterocycles. The molecule has 0 unspecified atom stereocenters. The van der Waals surface area contributed by atoms with Gasteiger partial charge >= 0.3 is 0 Å². The van der Waals surface area contributed by atoms with Crippen LogP contribution < -0.4 is 5.32 Å². The van der Waals surface area contributed by atoms with E-state index in [0.29, 0.717) is 16.6 Å². The van der Waals surface area contributed by atoms with Crippen molar-refractivity contribution in [3.05, 3.63) is 65.0 Å². The van der Waals surface area contributed by atoms with Gasteiger partial charge in [0.25, 0.3) is 5.91 Å². The smallest absolute Gasteiger partial charge is 0.258 e. The van der Waals surface area contributed by atoms with Gasteiger partial charge in [-0.15, -0.1) is 23.1 Å². The fourth-order valence-electron chi connectivity index (χ4n) is 2.60. The molecular formula is C21H22N2OS2. The Morgan fingerprint density at radius 3 is 2.58 bits per heavy atom. The van der Waals surface area contributed by atoms with E-state index in [9.17, 15) is 4.79 Å². The number of rotatable bonds is 6. The van der Waals surface area contributed by atoms with Crippen LogP contribution in [0.5, 0.6) is 0 Å². The zero-order valence-corrected chi connectivity index (χ0v) is 16.8. The van der Waals surface area contributed by atoms with E-state index >= 15 is 0 Å². The van der Waals surface area contributed by atoms with Gasteiger partial charge in [-0.3, -0.25) is 10.1 Å². The average molecular weight is 383 g/mol. The van der Waals surface area contributed by atoms with Crippen LogP contribution in [0, 0.1) is 0 Å². The molecule has 0 spiro atoms. The Morgan fingerprint density at radius 2 is 1.88 bits per heavy atom. The van der Waals surface area contributed by atoms with E-state index in [1.807, 2.05) is 29.6 Å². The second-order valence-corrected chi connectivity index (χ2v) is 8.36. The van der Waals surface area contributed by atoms with Crippen molar-refractivity contribution >= 4 is 34.1 Å². The standard InChI is InChI=1S/C21H22N2OS2/c1-4-25-19-8-6-5-7-17(19)20(24)23-21-22-18(13-26-21)16-11-9-15(10-12-16)14(2)3/h5-14H,4H2,1-3H3,(H,22,23,24). The molecule has 1 amide bonds. The number of aromatic nitrogens is 1. The normalized spacial score (nSPS) is 10.9. The molecule has 0 aliphatic rings. The fourth-order valence-corrected chi connectivity index (χ4v) is 4.12. The molecule has 1 N–H and O–H groups in total. The van der Waals surface area contributed by atoms with Gasteiger partial charge in [-0.1, -0.05) is 57.2 Å². The number of thioether (sulfide) groups is 1. The molecule has 0 atom stereocenters. The van der Waals surface area contributed by atoms with Crippen LogP contribution in [0.1, 0.15) is 42.6 Å². The molecular weight excluding hydrogens is 360 g/mol. The number of benzene rings is 2. The summed E-state index contributed by atoms with van der Waals surface area (Å²) in [6.07, 6.45) is 0. The van der Waals surface area contributed by atoms with Gasteiger partial charge in [-0.25, -0.2) is 4.98 Å². The largest absolute Gasteiger partial charge is 0.298 e. The highest BCUT2D eigenvalue weighted by Crippen LogP contribution is 2.28. The molecule has 0 aliphatic heterocycles. The van der Waals surface area contributed by atoms with Gasteiger partial charge in [0.15, 0.2) is 5.13 Å².